The van der Waals surface area contributed by atoms with E-state index in [0.29, 0.717) is 32.1 Å². The van der Waals surface area contributed by atoms with E-state index in [1.807, 2.05) is 6.07 Å². The van der Waals surface area contributed by atoms with Crippen molar-refractivity contribution in [1.82, 2.24) is 0 Å². The van der Waals surface area contributed by atoms with Crippen LogP contribution >= 0.6 is 27.5 Å². The van der Waals surface area contributed by atoms with Crippen LogP contribution in [-0.2, 0) is 0 Å². The monoisotopic (exact) mass is 405 g/mol. The lowest BCUT2D eigenvalue weighted by Gasteiger charge is -2.10. The van der Waals surface area contributed by atoms with Crippen molar-refractivity contribution in [3.05, 3.63) is 62.6 Å². The number of hydrogen-bond donors (Lipinski definition) is 0. The summed E-state index contributed by atoms with van der Waals surface area (Å²) in [5, 5.41) is 9.88. The molecule has 0 aliphatic heterocycles. The molecule has 0 radical (unpaired) electrons. The number of Topliss-reactive ketones (excluding diaryl/α,β-unsaturated/α-hetero) is 1. The highest BCUT2D eigenvalue weighted by molar-refractivity contribution is 9.10. The van der Waals surface area contributed by atoms with Gasteiger partial charge in [-0.25, -0.2) is 0 Å². The molecule has 0 aromatic heterocycles. The van der Waals surface area contributed by atoms with Gasteiger partial charge in [-0.05, 0) is 48.0 Å². The Morgan fingerprint density at radius 1 is 1.17 bits per heavy atom. The molecule has 0 amide bonds. The molecule has 122 valence electrons. The summed E-state index contributed by atoms with van der Waals surface area (Å²) in [5.41, 5.74) is 1.03. The van der Waals surface area contributed by atoms with Gasteiger partial charge in [-0.2, -0.15) is 5.26 Å². The Bertz CT molecular complexity index is 839. The van der Waals surface area contributed by atoms with Gasteiger partial charge >= 0.3 is 0 Å². The number of nitrogens with zero attached hydrogens (tertiary/aromatic N) is 1. The van der Waals surface area contributed by atoms with E-state index < -0.39 is 0 Å². The summed E-state index contributed by atoms with van der Waals surface area (Å²) in [7, 11) is 3.05. The van der Waals surface area contributed by atoms with E-state index >= 15 is 0 Å². The number of carbonyl (C=O) groups excluding carboxylic acids is 1. The van der Waals surface area contributed by atoms with Crippen molar-refractivity contribution in [2.45, 2.75) is 0 Å². The number of allylic oxidation sites excluding steroid dienone is 1. The fourth-order valence-corrected chi connectivity index (χ4v) is 2.60. The summed E-state index contributed by atoms with van der Waals surface area (Å²) in [6, 6.07) is 11.7. The number of rotatable bonds is 5. The van der Waals surface area contributed by atoms with Crippen LogP contribution in [0.5, 0.6) is 11.5 Å². The normalized spacial score (nSPS) is 10.9. The third-order valence-electron chi connectivity index (χ3n) is 3.27. The van der Waals surface area contributed by atoms with E-state index in [2.05, 4.69) is 15.9 Å². The maximum atomic E-state index is 12.5. The van der Waals surface area contributed by atoms with Crippen molar-refractivity contribution >= 4 is 39.4 Å². The second-order valence-electron chi connectivity index (χ2n) is 4.73. The Morgan fingerprint density at radius 3 is 2.29 bits per heavy atom. The molecule has 0 aliphatic carbocycles. The zero-order valence-corrected chi connectivity index (χ0v) is 15.3. The zero-order chi connectivity index (χ0) is 17.7. The molecule has 0 heterocycles. The second kappa shape index (κ2) is 8.00. The van der Waals surface area contributed by atoms with Crippen LogP contribution in [0.25, 0.3) is 6.08 Å². The molecule has 4 nitrogen and oxygen atoms in total. The maximum Gasteiger partial charge on any atom is 0.203 e. The first-order valence-electron chi connectivity index (χ1n) is 6.83. The molecular formula is C18H13BrClNO3. The highest BCUT2D eigenvalue weighted by Crippen LogP contribution is 2.34. The van der Waals surface area contributed by atoms with E-state index in [1.54, 1.807) is 36.4 Å². The van der Waals surface area contributed by atoms with Gasteiger partial charge in [0.05, 0.1) is 14.2 Å². The number of ether oxygens (including phenoxy) is 2. The van der Waals surface area contributed by atoms with Gasteiger partial charge in [0, 0.05) is 15.1 Å². The molecule has 0 saturated heterocycles. The van der Waals surface area contributed by atoms with Gasteiger partial charge in [-0.3, -0.25) is 4.79 Å². The van der Waals surface area contributed by atoms with Crippen molar-refractivity contribution < 1.29 is 14.3 Å². The van der Waals surface area contributed by atoms with Crippen molar-refractivity contribution in [2.75, 3.05) is 14.2 Å². The van der Waals surface area contributed by atoms with Crippen molar-refractivity contribution in [3.63, 3.8) is 0 Å². The molecule has 6 heteroatoms. The zero-order valence-electron chi connectivity index (χ0n) is 13.0. The average Bonchev–Trinajstić information content (AvgIpc) is 2.60. The SMILES string of the molecule is COc1cc(Br)c(/C=C(\C#N)C(=O)c2ccc(Cl)cc2)cc1OC. The number of hydrogen-bond acceptors (Lipinski definition) is 4. The molecule has 0 N–H and O–H groups in total. The summed E-state index contributed by atoms with van der Waals surface area (Å²) in [5.74, 6) is 0.670. The Hall–Kier alpha value is -2.29. The first-order chi connectivity index (χ1) is 11.5. The molecule has 0 spiro atoms. The van der Waals surface area contributed by atoms with Crippen LogP contribution < -0.4 is 9.47 Å². The highest BCUT2D eigenvalue weighted by Gasteiger charge is 2.14. The quantitative estimate of drug-likeness (QED) is 0.402. The van der Waals surface area contributed by atoms with Crippen molar-refractivity contribution in [1.29, 1.82) is 5.26 Å². The number of nitriles is 1. The third kappa shape index (κ3) is 3.97. The molecule has 2 rings (SSSR count). The van der Waals surface area contributed by atoms with E-state index in [1.165, 1.54) is 20.3 Å². The van der Waals surface area contributed by atoms with Crippen LogP contribution in [0.4, 0.5) is 0 Å². The second-order valence-corrected chi connectivity index (χ2v) is 6.03. The molecular weight excluding hydrogens is 394 g/mol. The van der Waals surface area contributed by atoms with Gasteiger partial charge in [-0.1, -0.05) is 27.5 Å². The van der Waals surface area contributed by atoms with E-state index in [9.17, 15) is 10.1 Å². The molecule has 0 aliphatic rings. The lowest BCUT2D eigenvalue weighted by molar-refractivity contribution is 0.104. The summed E-state index contributed by atoms with van der Waals surface area (Å²) in [6.07, 6.45) is 1.50. The number of carbonyl (C=O) groups is 1. The standard InChI is InChI=1S/C18H13BrClNO3/c1-23-16-8-12(15(19)9-17(16)24-2)7-13(10-21)18(22)11-3-5-14(20)6-4-11/h3-9H,1-2H3/b13-7+. The smallest absolute Gasteiger partial charge is 0.203 e. The summed E-state index contributed by atoms with van der Waals surface area (Å²) in [4.78, 5) is 12.5. The fourth-order valence-electron chi connectivity index (χ4n) is 2.04. The Morgan fingerprint density at radius 2 is 1.75 bits per heavy atom. The predicted octanol–water partition coefficient (Wildman–Crippen LogP) is 4.91. The molecule has 0 bridgehead atoms. The predicted molar refractivity (Wildman–Crippen MR) is 96.6 cm³/mol. The van der Waals surface area contributed by atoms with Crippen LogP contribution in [0, 0.1) is 11.3 Å². The molecule has 0 fully saturated rings. The van der Waals surface area contributed by atoms with Crippen LogP contribution in [0.3, 0.4) is 0 Å². The summed E-state index contributed by atoms with van der Waals surface area (Å²) < 4.78 is 11.1. The van der Waals surface area contributed by atoms with E-state index in [0.717, 1.165) is 0 Å². The van der Waals surface area contributed by atoms with Gasteiger partial charge in [0.1, 0.15) is 11.6 Å². The van der Waals surface area contributed by atoms with Crippen molar-refractivity contribution in [3.8, 4) is 17.6 Å². The van der Waals surface area contributed by atoms with Crippen LogP contribution in [0.15, 0.2) is 46.4 Å². The Balaban J connectivity index is 2.45. The average molecular weight is 407 g/mol. The van der Waals surface area contributed by atoms with Crippen LogP contribution in [-0.4, -0.2) is 20.0 Å². The number of methoxy groups -OCH3 is 2. The first-order valence-corrected chi connectivity index (χ1v) is 8.00. The largest absolute Gasteiger partial charge is 0.493 e. The minimum atomic E-state index is -0.379. The van der Waals surface area contributed by atoms with Gasteiger partial charge in [0.15, 0.2) is 11.5 Å². The molecule has 2 aromatic rings. The van der Waals surface area contributed by atoms with Gasteiger partial charge in [0.25, 0.3) is 0 Å². The molecule has 0 unspecified atom stereocenters. The topological polar surface area (TPSA) is 59.3 Å². The minimum absolute atomic E-state index is 0.00485. The lowest BCUT2D eigenvalue weighted by Crippen LogP contribution is -2.02. The van der Waals surface area contributed by atoms with Gasteiger partial charge in [-0.15, -0.1) is 0 Å². The van der Waals surface area contributed by atoms with Gasteiger partial charge in [0.2, 0.25) is 5.78 Å². The highest BCUT2D eigenvalue weighted by atomic mass is 79.9. The minimum Gasteiger partial charge on any atom is -0.493 e. The summed E-state index contributed by atoms with van der Waals surface area (Å²) >= 11 is 9.23. The molecule has 2 aromatic carbocycles. The van der Waals surface area contributed by atoms with Gasteiger partial charge < -0.3 is 9.47 Å². The molecule has 0 atom stereocenters. The maximum absolute atomic E-state index is 12.5. The lowest BCUT2D eigenvalue weighted by atomic mass is 10.0. The van der Waals surface area contributed by atoms with E-state index in [-0.39, 0.29) is 11.4 Å². The number of ketones is 1. The van der Waals surface area contributed by atoms with E-state index in [4.69, 9.17) is 21.1 Å². The number of halogens is 2. The fraction of sp³-hybridized carbons (Fsp3) is 0.111. The molecule has 0 saturated carbocycles. The first kappa shape index (κ1) is 18.1. The Kier molecular flexibility index (Phi) is 6.02. The summed E-state index contributed by atoms with van der Waals surface area (Å²) in [6.45, 7) is 0. The van der Waals surface area contributed by atoms with Crippen LogP contribution in [0.2, 0.25) is 5.02 Å². The Labute approximate surface area is 153 Å². The third-order valence-corrected chi connectivity index (χ3v) is 4.21. The van der Waals surface area contributed by atoms with Crippen molar-refractivity contribution in [2.24, 2.45) is 0 Å². The number of benzene rings is 2. The molecule has 24 heavy (non-hydrogen) atoms. The van der Waals surface area contributed by atoms with Crippen LogP contribution in [0.1, 0.15) is 15.9 Å².